The number of hydrogen-bond acceptors (Lipinski definition) is 3. The minimum absolute atomic E-state index is 0.381. The first kappa shape index (κ1) is 12.0. The van der Waals surface area contributed by atoms with Gasteiger partial charge in [0.25, 0.3) is 0 Å². The van der Waals surface area contributed by atoms with Crippen molar-refractivity contribution in [1.82, 2.24) is 4.90 Å². The fraction of sp³-hybridized carbons (Fsp3) is 0.500. The molecule has 2 aliphatic heterocycles. The third-order valence-corrected chi connectivity index (χ3v) is 4.68. The summed E-state index contributed by atoms with van der Waals surface area (Å²) in [5.74, 6) is 0.454. The van der Waals surface area contributed by atoms with Gasteiger partial charge in [-0.25, -0.2) is 0 Å². The highest BCUT2D eigenvalue weighted by Gasteiger charge is 2.46. The van der Waals surface area contributed by atoms with Crippen LogP contribution in [0.15, 0.2) is 28.7 Å². The summed E-state index contributed by atoms with van der Waals surface area (Å²) in [4.78, 5) is 2.46. The Hall–Kier alpha value is -1.05. The van der Waals surface area contributed by atoms with Gasteiger partial charge in [-0.05, 0) is 37.6 Å². The monoisotopic (exact) mass is 305 g/mol. The van der Waals surface area contributed by atoms with Crippen molar-refractivity contribution in [3.63, 3.8) is 0 Å². The third kappa shape index (κ3) is 2.02. The highest BCUT2D eigenvalue weighted by atomic mass is 79.9. The molecular formula is C14H16BrN3. The van der Waals surface area contributed by atoms with Crippen molar-refractivity contribution in [3.05, 3.63) is 28.7 Å². The van der Waals surface area contributed by atoms with E-state index >= 15 is 0 Å². The van der Waals surface area contributed by atoms with E-state index in [1.165, 1.54) is 0 Å². The minimum Gasteiger partial charge on any atom is -0.367 e. The zero-order valence-corrected chi connectivity index (χ0v) is 11.8. The van der Waals surface area contributed by atoms with Crippen molar-refractivity contribution in [1.29, 1.82) is 5.26 Å². The van der Waals surface area contributed by atoms with Crippen LogP contribution in [0.1, 0.15) is 12.8 Å². The fourth-order valence-corrected chi connectivity index (χ4v) is 3.54. The van der Waals surface area contributed by atoms with E-state index in [1.807, 2.05) is 24.3 Å². The first-order valence-electron chi connectivity index (χ1n) is 6.39. The minimum atomic E-state index is -0.381. The van der Waals surface area contributed by atoms with Crippen LogP contribution >= 0.6 is 15.9 Å². The molecule has 0 amide bonds. The highest BCUT2D eigenvalue weighted by molar-refractivity contribution is 9.10. The Morgan fingerprint density at radius 2 is 2.33 bits per heavy atom. The number of hydrogen-bond donors (Lipinski definition) is 1. The Kier molecular flexibility index (Phi) is 3.04. The van der Waals surface area contributed by atoms with Crippen LogP contribution in [0.25, 0.3) is 0 Å². The smallest absolute Gasteiger partial charge is 0.130 e. The molecule has 0 saturated carbocycles. The second-order valence-corrected chi connectivity index (χ2v) is 6.17. The molecule has 2 saturated heterocycles. The topological polar surface area (TPSA) is 39.1 Å². The van der Waals surface area contributed by atoms with Crippen LogP contribution in [0.3, 0.4) is 0 Å². The number of rotatable bonds is 2. The SMILES string of the molecule is N#CC1(Nc2cccc(Br)c2)CCN2CCC1C2. The largest absolute Gasteiger partial charge is 0.367 e. The molecule has 3 atom stereocenters. The van der Waals surface area contributed by atoms with Crippen LogP contribution in [-0.2, 0) is 0 Å². The van der Waals surface area contributed by atoms with Crippen molar-refractivity contribution in [2.24, 2.45) is 5.92 Å². The van der Waals surface area contributed by atoms with Crippen molar-refractivity contribution in [2.75, 3.05) is 25.0 Å². The van der Waals surface area contributed by atoms with Crippen molar-refractivity contribution >= 4 is 21.6 Å². The van der Waals surface area contributed by atoms with E-state index in [0.29, 0.717) is 5.92 Å². The van der Waals surface area contributed by atoms with E-state index in [0.717, 1.165) is 42.6 Å². The van der Waals surface area contributed by atoms with Crippen LogP contribution in [0.2, 0.25) is 0 Å². The Morgan fingerprint density at radius 3 is 3.11 bits per heavy atom. The summed E-state index contributed by atoms with van der Waals surface area (Å²) in [5.41, 5.74) is 0.652. The van der Waals surface area contributed by atoms with E-state index in [9.17, 15) is 5.26 Å². The Balaban J connectivity index is 1.86. The lowest BCUT2D eigenvalue weighted by Crippen LogP contribution is -2.50. The number of nitriles is 1. The molecule has 0 aliphatic carbocycles. The maximum absolute atomic E-state index is 9.65. The van der Waals surface area contributed by atoms with Gasteiger partial charge in [-0.2, -0.15) is 5.26 Å². The van der Waals surface area contributed by atoms with E-state index in [2.05, 4.69) is 32.2 Å². The number of fused-ring (bicyclic) bond motifs is 2. The maximum atomic E-state index is 9.65. The predicted octanol–water partition coefficient (Wildman–Crippen LogP) is 2.85. The lowest BCUT2D eigenvalue weighted by molar-refractivity contribution is 0.221. The van der Waals surface area contributed by atoms with E-state index in [1.54, 1.807) is 0 Å². The average Bonchev–Trinajstić information content (AvgIpc) is 2.78. The molecule has 1 N–H and O–H groups in total. The zero-order chi connectivity index (χ0) is 12.6. The molecule has 3 rings (SSSR count). The van der Waals surface area contributed by atoms with Gasteiger partial charge in [0.05, 0.1) is 6.07 Å². The summed E-state index contributed by atoms with van der Waals surface area (Å²) in [5, 5.41) is 13.1. The number of nitrogens with zero attached hydrogens (tertiary/aromatic N) is 2. The summed E-state index contributed by atoms with van der Waals surface area (Å²) in [7, 11) is 0. The van der Waals surface area contributed by atoms with Gasteiger partial charge >= 0.3 is 0 Å². The molecular weight excluding hydrogens is 290 g/mol. The standard InChI is InChI=1S/C14H16BrN3/c15-12-2-1-3-13(8-12)17-14(10-16)5-7-18-6-4-11(14)9-18/h1-3,8,11,17H,4-7,9H2. The van der Waals surface area contributed by atoms with Gasteiger partial charge < -0.3 is 10.2 Å². The molecule has 0 spiro atoms. The number of anilines is 1. The number of halogens is 1. The number of piperidine rings is 1. The molecule has 2 fully saturated rings. The molecule has 4 heteroatoms. The van der Waals surface area contributed by atoms with E-state index < -0.39 is 0 Å². The van der Waals surface area contributed by atoms with Gasteiger partial charge in [-0.1, -0.05) is 22.0 Å². The van der Waals surface area contributed by atoms with Gasteiger partial charge in [0.2, 0.25) is 0 Å². The van der Waals surface area contributed by atoms with Gasteiger partial charge in [0.1, 0.15) is 5.54 Å². The summed E-state index contributed by atoms with van der Waals surface area (Å²) >= 11 is 3.48. The molecule has 3 unspecified atom stereocenters. The van der Waals surface area contributed by atoms with Crippen LogP contribution in [0, 0.1) is 17.2 Å². The van der Waals surface area contributed by atoms with E-state index in [-0.39, 0.29) is 5.54 Å². The quantitative estimate of drug-likeness (QED) is 0.913. The first-order chi connectivity index (χ1) is 8.72. The van der Waals surface area contributed by atoms with Gasteiger partial charge in [0, 0.05) is 29.2 Å². The first-order valence-corrected chi connectivity index (χ1v) is 7.18. The molecule has 2 bridgehead atoms. The maximum Gasteiger partial charge on any atom is 0.130 e. The fourth-order valence-electron chi connectivity index (χ4n) is 3.14. The van der Waals surface area contributed by atoms with Gasteiger partial charge in [-0.15, -0.1) is 0 Å². The molecule has 1 aromatic rings. The molecule has 0 radical (unpaired) electrons. The Bertz CT molecular complexity index is 496. The molecule has 2 heterocycles. The lowest BCUT2D eigenvalue weighted by Gasteiger charge is -2.38. The van der Waals surface area contributed by atoms with Crippen LogP contribution in [-0.4, -0.2) is 30.1 Å². The molecule has 3 nitrogen and oxygen atoms in total. The summed E-state index contributed by atoms with van der Waals surface area (Å²) in [6.07, 6.45) is 2.05. The molecule has 0 aromatic heterocycles. The van der Waals surface area contributed by atoms with Gasteiger partial charge in [-0.3, -0.25) is 0 Å². The second-order valence-electron chi connectivity index (χ2n) is 5.25. The second kappa shape index (κ2) is 4.56. The summed E-state index contributed by atoms with van der Waals surface area (Å²) in [6.45, 7) is 3.24. The molecule has 1 aromatic carbocycles. The molecule has 94 valence electrons. The van der Waals surface area contributed by atoms with Crippen LogP contribution < -0.4 is 5.32 Å². The number of nitrogens with one attached hydrogen (secondary N) is 1. The molecule has 2 aliphatic rings. The van der Waals surface area contributed by atoms with Gasteiger partial charge in [0.15, 0.2) is 0 Å². The van der Waals surface area contributed by atoms with Crippen LogP contribution in [0.4, 0.5) is 5.69 Å². The average molecular weight is 306 g/mol. The highest BCUT2D eigenvalue weighted by Crippen LogP contribution is 2.37. The Labute approximate surface area is 116 Å². The summed E-state index contributed by atoms with van der Waals surface area (Å²) in [6, 6.07) is 10.6. The lowest BCUT2D eigenvalue weighted by atomic mass is 9.80. The Morgan fingerprint density at radius 1 is 1.44 bits per heavy atom. The predicted molar refractivity (Wildman–Crippen MR) is 75.3 cm³/mol. The van der Waals surface area contributed by atoms with Crippen molar-refractivity contribution in [3.8, 4) is 6.07 Å². The molecule has 18 heavy (non-hydrogen) atoms. The van der Waals surface area contributed by atoms with Crippen molar-refractivity contribution in [2.45, 2.75) is 18.4 Å². The van der Waals surface area contributed by atoms with Crippen molar-refractivity contribution < 1.29 is 0 Å². The number of benzene rings is 1. The van der Waals surface area contributed by atoms with Crippen LogP contribution in [0.5, 0.6) is 0 Å². The normalized spacial score (nSPS) is 34.0. The van der Waals surface area contributed by atoms with E-state index in [4.69, 9.17) is 0 Å². The third-order valence-electron chi connectivity index (χ3n) is 4.18. The summed E-state index contributed by atoms with van der Waals surface area (Å²) < 4.78 is 1.05. The zero-order valence-electron chi connectivity index (χ0n) is 10.2.